The maximum absolute atomic E-state index is 11.1. The fourth-order valence-corrected chi connectivity index (χ4v) is 2.08. The molecule has 0 N–H and O–H groups in total. The summed E-state index contributed by atoms with van der Waals surface area (Å²) in [5.74, 6) is 1.75. The molecule has 0 aromatic heterocycles. The number of thiol groups is 1. The van der Waals surface area contributed by atoms with Crippen molar-refractivity contribution in [3.05, 3.63) is 23.3 Å². The fraction of sp³-hybridized carbons (Fsp3) is 0.462. The summed E-state index contributed by atoms with van der Waals surface area (Å²) in [4.78, 5) is 11.1. The van der Waals surface area contributed by atoms with Gasteiger partial charge in [-0.2, -0.15) is 12.6 Å². The summed E-state index contributed by atoms with van der Waals surface area (Å²) in [6.45, 7) is 0.637. The Bertz CT molecular complexity index is 445. The van der Waals surface area contributed by atoms with E-state index < -0.39 is 5.97 Å². The predicted molar refractivity (Wildman–Crippen MR) is 70.5 cm³/mol. The van der Waals surface area contributed by atoms with Gasteiger partial charge in [0.2, 0.25) is 0 Å². The summed E-state index contributed by atoms with van der Waals surface area (Å²) < 4.78 is 15.7. The van der Waals surface area contributed by atoms with Crippen LogP contribution in [0.25, 0.3) is 0 Å². The maximum atomic E-state index is 11.1. The predicted octanol–water partition coefficient (Wildman–Crippen LogP) is 1.99. The number of ether oxygens (including phenoxy) is 3. The lowest BCUT2D eigenvalue weighted by molar-refractivity contribution is -0.142. The Labute approximate surface area is 112 Å². The molecule has 0 fully saturated rings. The minimum absolute atomic E-state index is 0.0844. The van der Waals surface area contributed by atoms with Crippen LogP contribution in [0.4, 0.5) is 0 Å². The largest absolute Gasteiger partial charge is 0.493 e. The monoisotopic (exact) mass is 268 g/mol. The topological polar surface area (TPSA) is 44.8 Å². The molecule has 0 bridgehead atoms. The first-order valence-corrected chi connectivity index (χ1v) is 6.47. The first-order chi connectivity index (χ1) is 8.74. The lowest BCUT2D eigenvalue weighted by atomic mass is 10.0. The zero-order valence-corrected chi connectivity index (χ0v) is 11.2. The molecule has 1 aliphatic heterocycles. The van der Waals surface area contributed by atoms with Crippen molar-refractivity contribution in [2.24, 2.45) is 0 Å². The summed E-state index contributed by atoms with van der Waals surface area (Å²) >= 11 is 4.25. The van der Waals surface area contributed by atoms with Crippen LogP contribution in [0.1, 0.15) is 17.5 Å². The lowest BCUT2D eigenvalue weighted by Crippen LogP contribution is -2.15. The van der Waals surface area contributed by atoms with Crippen molar-refractivity contribution >= 4 is 18.6 Å². The number of benzene rings is 1. The van der Waals surface area contributed by atoms with Gasteiger partial charge < -0.3 is 14.2 Å². The smallest absolute Gasteiger partial charge is 0.343 e. The van der Waals surface area contributed by atoms with Gasteiger partial charge in [0.1, 0.15) is 11.5 Å². The summed E-state index contributed by atoms with van der Waals surface area (Å²) in [7, 11) is 1.34. The Hall–Kier alpha value is -1.36. The molecule has 0 amide bonds. The second-order valence-corrected chi connectivity index (χ2v) is 4.36. The molecular formula is C13H16O4S. The molecule has 1 aromatic carbocycles. The second kappa shape index (κ2) is 6.00. The molecule has 0 aliphatic carbocycles. The molecule has 98 valence electrons. The van der Waals surface area contributed by atoms with Crippen LogP contribution < -0.4 is 9.47 Å². The first-order valence-electron chi connectivity index (χ1n) is 5.83. The minimum Gasteiger partial charge on any atom is -0.493 e. The fourth-order valence-electron chi connectivity index (χ4n) is 1.90. The van der Waals surface area contributed by atoms with Gasteiger partial charge >= 0.3 is 5.97 Å². The number of hydrogen-bond donors (Lipinski definition) is 1. The molecule has 0 spiro atoms. The highest BCUT2D eigenvalue weighted by Crippen LogP contribution is 2.35. The Kier molecular flexibility index (Phi) is 4.36. The van der Waals surface area contributed by atoms with Crippen molar-refractivity contribution in [1.29, 1.82) is 0 Å². The Morgan fingerprint density at radius 2 is 2.33 bits per heavy atom. The zero-order valence-electron chi connectivity index (χ0n) is 10.3. The lowest BCUT2D eigenvalue weighted by Gasteiger charge is -2.21. The molecule has 0 atom stereocenters. The van der Waals surface area contributed by atoms with E-state index in [0.717, 1.165) is 36.3 Å². The molecule has 18 heavy (non-hydrogen) atoms. The Morgan fingerprint density at radius 1 is 1.50 bits per heavy atom. The standard InChI is InChI=1S/C13H16O4S/c1-15-13(14)7-17-12-6-9(8-18)5-11-10(12)3-2-4-16-11/h5-6,18H,2-4,7-8H2,1H3. The van der Waals surface area contributed by atoms with E-state index in [1.807, 2.05) is 12.1 Å². The molecule has 0 saturated carbocycles. The van der Waals surface area contributed by atoms with E-state index in [-0.39, 0.29) is 6.61 Å². The summed E-state index contributed by atoms with van der Waals surface area (Å²) in [6, 6.07) is 3.88. The average molecular weight is 268 g/mol. The molecule has 5 heteroatoms. The van der Waals surface area contributed by atoms with Gasteiger partial charge in [-0.15, -0.1) is 0 Å². The molecule has 2 rings (SSSR count). The number of carbonyl (C=O) groups excluding carboxylic acids is 1. The van der Waals surface area contributed by atoms with Gasteiger partial charge in [-0.1, -0.05) is 0 Å². The van der Waals surface area contributed by atoms with Crippen LogP contribution in [0.3, 0.4) is 0 Å². The Balaban J connectivity index is 2.23. The molecule has 1 aliphatic rings. The van der Waals surface area contributed by atoms with E-state index in [1.54, 1.807) is 0 Å². The summed E-state index contributed by atoms with van der Waals surface area (Å²) in [6.07, 6.45) is 1.86. The number of rotatable bonds is 4. The highest BCUT2D eigenvalue weighted by Gasteiger charge is 2.17. The van der Waals surface area contributed by atoms with Crippen LogP contribution in [0, 0.1) is 0 Å². The van der Waals surface area contributed by atoms with Crippen LogP contribution in [-0.2, 0) is 21.7 Å². The van der Waals surface area contributed by atoms with E-state index in [9.17, 15) is 4.79 Å². The van der Waals surface area contributed by atoms with E-state index >= 15 is 0 Å². The van der Waals surface area contributed by atoms with Gasteiger partial charge in [-0.25, -0.2) is 4.79 Å². The third-order valence-corrected chi connectivity index (χ3v) is 3.18. The van der Waals surface area contributed by atoms with Gasteiger partial charge in [-0.05, 0) is 30.5 Å². The molecule has 0 radical (unpaired) electrons. The van der Waals surface area contributed by atoms with Gasteiger partial charge in [0.05, 0.1) is 13.7 Å². The maximum Gasteiger partial charge on any atom is 0.343 e. The first kappa shape index (κ1) is 13.1. The van der Waals surface area contributed by atoms with Crippen LogP contribution >= 0.6 is 12.6 Å². The van der Waals surface area contributed by atoms with Gasteiger partial charge in [-0.3, -0.25) is 0 Å². The molecule has 4 nitrogen and oxygen atoms in total. The van der Waals surface area contributed by atoms with E-state index in [2.05, 4.69) is 17.4 Å². The van der Waals surface area contributed by atoms with Crippen molar-refractivity contribution < 1.29 is 19.0 Å². The third kappa shape index (κ3) is 2.90. The van der Waals surface area contributed by atoms with Crippen molar-refractivity contribution in [2.45, 2.75) is 18.6 Å². The van der Waals surface area contributed by atoms with E-state index in [0.29, 0.717) is 11.5 Å². The molecule has 1 heterocycles. The van der Waals surface area contributed by atoms with Crippen molar-refractivity contribution in [2.75, 3.05) is 20.3 Å². The number of methoxy groups -OCH3 is 1. The van der Waals surface area contributed by atoms with Crippen molar-refractivity contribution in [1.82, 2.24) is 0 Å². The average Bonchev–Trinajstić information content (AvgIpc) is 2.43. The van der Waals surface area contributed by atoms with Crippen LogP contribution in [0.2, 0.25) is 0 Å². The van der Waals surface area contributed by atoms with E-state index in [4.69, 9.17) is 9.47 Å². The summed E-state index contributed by atoms with van der Waals surface area (Å²) in [5.41, 5.74) is 2.04. The highest BCUT2D eigenvalue weighted by molar-refractivity contribution is 7.79. The SMILES string of the molecule is COC(=O)COc1cc(CS)cc2c1CCCO2. The van der Waals surface area contributed by atoms with Crippen molar-refractivity contribution in [3.63, 3.8) is 0 Å². The van der Waals surface area contributed by atoms with E-state index in [1.165, 1.54) is 7.11 Å². The second-order valence-electron chi connectivity index (χ2n) is 4.05. The molecule has 0 saturated heterocycles. The number of carbonyl (C=O) groups is 1. The third-order valence-electron chi connectivity index (χ3n) is 2.81. The Morgan fingerprint density at radius 3 is 3.06 bits per heavy atom. The molecule has 1 aromatic rings. The quantitative estimate of drug-likeness (QED) is 0.670. The number of esters is 1. The normalized spacial score (nSPS) is 13.4. The van der Waals surface area contributed by atoms with Crippen molar-refractivity contribution in [3.8, 4) is 11.5 Å². The van der Waals surface area contributed by atoms with Gasteiger partial charge in [0, 0.05) is 11.3 Å². The number of hydrogen-bond acceptors (Lipinski definition) is 5. The van der Waals surface area contributed by atoms with Gasteiger partial charge in [0.15, 0.2) is 6.61 Å². The van der Waals surface area contributed by atoms with Crippen LogP contribution in [0.5, 0.6) is 11.5 Å². The zero-order chi connectivity index (χ0) is 13.0. The van der Waals surface area contributed by atoms with Gasteiger partial charge in [0.25, 0.3) is 0 Å². The molecule has 0 unspecified atom stereocenters. The number of fused-ring (bicyclic) bond motifs is 1. The van der Waals surface area contributed by atoms with Crippen LogP contribution in [-0.4, -0.2) is 26.3 Å². The van der Waals surface area contributed by atoms with Crippen LogP contribution in [0.15, 0.2) is 12.1 Å². The highest BCUT2D eigenvalue weighted by atomic mass is 32.1. The molecular weight excluding hydrogens is 252 g/mol. The summed E-state index contributed by atoms with van der Waals surface area (Å²) in [5, 5.41) is 0. The minimum atomic E-state index is -0.392.